The minimum absolute atomic E-state index is 0.518. The Hall–Kier alpha value is -2.05. The fraction of sp³-hybridized carbons (Fsp3) is 0.0833. The summed E-state index contributed by atoms with van der Waals surface area (Å²) in [5.41, 5.74) is 8.16. The molecular formula is C12H11N3. The maximum atomic E-state index is 8.80. The summed E-state index contributed by atoms with van der Waals surface area (Å²) in [6, 6.07) is 7.72. The van der Waals surface area contributed by atoms with Crippen molar-refractivity contribution >= 4 is 17.0 Å². The Labute approximate surface area is 87.8 Å². The van der Waals surface area contributed by atoms with Gasteiger partial charge in [-0.1, -0.05) is 12.2 Å². The maximum absolute atomic E-state index is 8.80. The standard InChI is InChI=1S/C12H11N3/c13-5-1-2-10-8-15-12-4-3-9(7-14)6-11(10)12/h1-4,6,8,15H,5,13H2. The lowest BCUT2D eigenvalue weighted by Gasteiger charge is -1.92. The largest absolute Gasteiger partial charge is 0.361 e. The summed E-state index contributed by atoms with van der Waals surface area (Å²) in [6.07, 6.45) is 5.76. The number of nitrogens with two attached hydrogens (primary N) is 1. The van der Waals surface area contributed by atoms with Crippen molar-refractivity contribution in [1.29, 1.82) is 5.26 Å². The van der Waals surface area contributed by atoms with Gasteiger partial charge in [0.25, 0.3) is 0 Å². The van der Waals surface area contributed by atoms with Crippen LogP contribution in [0.1, 0.15) is 11.1 Å². The van der Waals surface area contributed by atoms with Crippen molar-refractivity contribution in [3.63, 3.8) is 0 Å². The second-order valence-corrected chi connectivity index (χ2v) is 3.25. The third-order valence-corrected chi connectivity index (χ3v) is 2.28. The highest BCUT2D eigenvalue weighted by Gasteiger charge is 2.01. The number of nitriles is 1. The monoisotopic (exact) mass is 197 g/mol. The molecule has 0 bridgehead atoms. The Bertz CT molecular complexity index is 543. The van der Waals surface area contributed by atoms with Crippen LogP contribution in [-0.2, 0) is 0 Å². The predicted octanol–water partition coefficient (Wildman–Crippen LogP) is 2.01. The lowest BCUT2D eigenvalue weighted by atomic mass is 10.1. The van der Waals surface area contributed by atoms with Gasteiger partial charge in [0.2, 0.25) is 0 Å². The van der Waals surface area contributed by atoms with Crippen LogP contribution in [0.15, 0.2) is 30.5 Å². The summed E-state index contributed by atoms with van der Waals surface area (Å²) in [6.45, 7) is 0.518. The molecule has 0 aliphatic carbocycles. The van der Waals surface area contributed by atoms with Gasteiger partial charge in [-0.25, -0.2) is 0 Å². The quantitative estimate of drug-likeness (QED) is 0.773. The second kappa shape index (κ2) is 3.99. The fourth-order valence-electron chi connectivity index (χ4n) is 1.54. The van der Waals surface area contributed by atoms with Gasteiger partial charge in [0.15, 0.2) is 0 Å². The lowest BCUT2D eigenvalue weighted by molar-refractivity contribution is 1.26. The summed E-state index contributed by atoms with van der Waals surface area (Å²) >= 11 is 0. The van der Waals surface area contributed by atoms with Crippen LogP contribution in [0, 0.1) is 11.3 Å². The molecule has 0 amide bonds. The zero-order valence-corrected chi connectivity index (χ0v) is 8.20. The maximum Gasteiger partial charge on any atom is 0.0991 e. The second-order valence-electron chi connectivity index (χ2n) is 3.25. The molecule has 2 rings (SSSR count). The third kappa shape index (κ3) is 1.76. The van der Waals surface area contributed by atoms with Crippen molar-refractivity contribution in [2.45, 2.75) is 0 Å². The molecule has 0 atom stereocenters. The van der Waals surface area contributed by atoms with E-state index >= 15 is 0 Å². The Kier molecular flexibility index (Phi) is 2.53. The van der Waals surface area contributed by atoms with Gasteiger partial charge in [-0.05, 0) is 23.8 Å². The van der Waals surface area contributed by atoms with Crippen LogP contribution in [0.5, 0.6) is 0 Å². The Morgan fingerprint density at radius 3 is 3.07 bits per heavy atom. The van der Waals surface area contributed by atoms with Gasteiger partial charge in [0.1, 0.15) is 0 Å². The van der Waals surface area contributed by atoms with Crippen LogP contribution in [0.3, 0.4) is 0 Å². The predicted molar refractivity (Wildman–Crippen MR) is 61.1 cm³/mol. The summed E-state index contributed by atoms with van der Waals surface area (Å²) in [7, 11) is 0. The topological polar surface area (TPSA) is 65.6 Å². The first kappa shape index (κ1) is 9.50. The van der Waals surface area contributed by atoms with Crippen LogP contribution >= 0.6 is 0 Å². The first-order valence-electron chi connectivity index (χ1n) is 4.73. The number of nitrogens with zero attached hydrogens (tertiary/aromatic N) is 1. The molecular weight excluding hydrogens is 186 g/mol. The van der Waals surface area contributed by atoms with E-state index in [1.54, 1.807) is 6.07 Å². The van der Waals surface area contributed by atoms with E-state index in [1.165, 1.54) is 0 Å². The summed E-state index contributed by atoms with van der Waals surface area (Å²) in [5, 5.41) is 9.86. The molecule has 3 heteroatoms. The summed E-state index contributed by atoms with van der Waals surface area (Å²) in [4.78, 5) is 3.15. The molecule has 3 nitrogen and oxygen atoms in total. The highest BCUT2D eigenvalue weighted by molar-refractivity contribution is 5.89. The number of rotatable bonds is 2. The average Bonchev–Trinajstić information content (AvgIpc) is 2.68. The van der Waals surface area contributed by atoms with E-state index in [9.17, 15) is 0 Å². The van der Waals surface area contributed by atoms with Gasteiger partial charge < -0.3 is 10.7 Å². The summed E-state index contributed by atoms with van der Waals surface area (Å²) < 4.78 is 0. The molecule has 74 valence electrons. The van der Waals surface area contributed by atoms with Crippen LogP contribution in [-0.4, -0.2) is 11.5 Å². The first-order valence-corrected chi connectivity index (χ1v) is 4.73. The van der Waals surface area contributed by atoms with E-state index in [0.29, 0.717) is 12.1 Å². The minimum Gasteiger partial charge on any atom is -0.361 e. The number of nitrogens with one attached hydrogen (secondary N) is 1. The molecule has 15 heavy (non-hydrogen) atoms. The van der Waals surface area contributed by atoms with Gasteiger partial charge in [-0.2, -0.15) is 5.26 Å². The van der Waals surface area contributed by atoms with Crippen molar-refractivity contribution in [2.24, 2.45) is 5.73 Å². The Balaban J connectivity index is 2.57. The molecule has 0 saturated heterocycles. The minimum atomic E-state index is 0.518. The molecule has 3 N–H and O–H groups in total. The van der Waals surface area contributed by atoms with Gasteiger partial charge in [-0.15, -0.1) is 0 Å². The highest BCUT2D eigenvalue weighted by atomic mass is 14.7. The van der Waals surface area contributed by atoms with Crippen molar-refractivity contribution in [2.75, 3.05) is 6.54 Å². The number of H-pyrrole nitrogens is 1. The van der Waals surface area contributed by atoms with E-state index in [-0.39, 0.29) is 0 Å². The smallest absolute Gasteiger partial charge is 0.0991 e. The van der Waals surface area contributed by atoms with E-state index in [2.05, 4.69) is 11.1 Å². The molecule has 0 aliphatic rings. The first-order chi connectivity index (χ1) is 7.35. The average molecular weight is 197 g/mol. The van der Waals surface area contributed by atoms with Crippen molar-refractivity contribution in [3.8, 4) is 6.07 Å². The summed E-state index contributed by atoms with van der Waals surface area (Å²) in [5.74, 6) is 0. The van der Waals surface area contributed by atoms with Crippen LogP contribution < -0.4 is 5.73 Å². The molecule has 1 heterocycles. The van der Waals surface area contributed by atoms with E-state index in [0.717, 1.165) is 16.5 Å². The number of fused-ring (bicyclic) bond motifs is 1. The highest BCUT2D eigenvalue weighted by Crippen LogP contribution is 2.20. The number of aromatic nitrogens is 1. The normalized spacial score (nSPS) is 10.9. The van der Waals surface area contributed by atoms with Gasteiger partial charge in [0, 0.05) is 23.6 Å². The van der Waals surface area contributed by atoms with E-state index < -0.39 is 0 Å². The zero-order chi connectivity index (χ0) is 10.7. The number of aromatic amines is 1. The molecule has 2 aromatic rings. The van der Waals surface area contributed by atoms with Crippen molar-refractivity contribution in [3.05, 3.63) is 41.6 Å². The molecule has 1 aromatic heterocycles. The van der Waals surface area contributed by atoms with E-state index in [4.69, 9.17) is 11.0 Å². The zero-order valence-electron chi connectivity index (χ0n) is 8.20. The van der Waals surface area contributed by atoms with Gasteiger partial charge in [-0.3, -0.25) is 0 Å². The van der Waals surface area contributed by atoms with Gasteiger partial charge >= 0.3 is 0 Å². The Morgan fingerprint density at radius 1 is 1.47 bits per heavy atom. The molecule has 0 fully saturated rings. The van der Waals surface area contributed by atoms with Crippen molar-refractivity contribution in [1.82, 2.24) is 4.98 Å². The molecule has 0 saturated carbocycles. The fourth-order valence-corrected chi connectivity index (χ4v) is 1.54. The number of hydrogen-bond donors (Lipinski definition) is 2. The van der Waals surface area contributed by atoms with Crippen LogP contribution in [0.2, 0.25) is 0 Å². The van der Waals surface area contributed by atoms with E-state index in [1.807, 2.05) is 30.5 Å². The molecule has 0 spiro atoms. The third-order valence-electron chi connectivity index (χ3n) is 2.28. The number of hydrogen-bond acceptors (Lipinski definition) is 2. The lowest BCUT2D eigenvalue weighted by Crippen LogP contribution is -1.91. The van der Waals surface area contributed by atoms with Crippen molar-refractivity contribution < 1.29 is 0 Å². The van der Waals surface area contributed by atoms with Gasteiger partial charge in [0.05, 0.1) is 11.6 Å². The molecule has 1 aromatic carbocycles. The number of benzene rings is 1. The Morgan fingerprint density at radius 2 is 2.33 bits per heavy atom. The van der Waals surface area contributed by atoms with Crippen LogP contribution in [0.25, 0.3) is 17.0 Å². The molecule has 0 aliphatic heterocycles. The molecule has 0 unspecified atom stereocenters. The SMILES string of the molecule is N#Cc1ccc2[nH]cc(C=CCN)c2c1. The van der Waals surface area contributed by atoms with Crippen LogP contribution in [0.4, 0.5) is 0 Å². The molecule has 0 radical (unpaired) electrons.